The van der Waals surface area contributed by atoms with E-state index in [1.807, 2.05) is 25.1 Å². The lowest BCUT2D eigenvalue weighted by Gasteiger charge is -2.28. The maximum Gasteiger partial charge on any atom is 0.257 e. The van der Waals surface area contributed by atoms with E-state index in [4.69, 9.17) is 9.47 Å². The van der Waals surface area contributed by atoms with Gasteiger partial charge in [0.05, 0.1) is 26.3 Å². The van der Waals surface area contributed by atoms with Gasteiger partial charge in [-0.25, -0.2) is 4.90 Å². The molecule has 1 unspecified atom stereocenters. The lowest BCUT2D eigenvalue weighted by Crippen LogP contribution is -2.46. The zero-order valence-corrected chi connectivity index (χ0v) is 20.1. The van der Waals surface area contributed by atoms with Crippen molar-refractivity contribution in [2.45, 2.75) is 38.6 Å². The van der Waals surface area contributed by atoms with E-state index in [1.165, 1.54) is 4.90 Å². The molecule has 1 saturated heterocycles. The first-order chi connectivity index (χ1) is 15.4. The zero-order valence-electron chi connectivity index (χ0n) is 18.5. The van der Waals surface area contributed by atoms with Gasteiger partial charge in [0.2, 0.25) is 11.8 Å². The van der Waals surface area contributed by atoms with Crippen molar-refractivity contribution >= 4 is 39.3 Å². The van der Waals surface area contributed by atoms with Gasteiger partial charge in [0.25, 0.3) is 5.91 Å². The van der Waals surface area contributed by atoms with Crippen LogP contribution in [0, 0.1) is 0 Å². The second-order valence-corrected chi connectivity index (χ2v) is 8.46. The molecule has 0 aliphatic carbocycles. The molecule has 3 rings (SSSR count). The highest BCUT2D eigenvalue weighted by atomic mass is 79.9. The van der Waals surface area contributed by atoms with Crippen molar-refractivity contribution in [1.29, 1.82) is 0 Å². The van der Waals surface area contributed by atoms with Crippen molar-refractivity contribution < 1.29 is 23.9 Å². The van der Waals surface area contributed by atoms with Crippen LogP contribution in [0.4, 0.5) is 5.69 Å². The molecule has 1 fully saturated rings. The molecule has 2 aromatic rings. The largest absolute Gasteiger partial charge is 0.493 e. The topological polar surface area (TPSA) is 76.2 Å². The SMILES string of the molecule is CCCC(=O)N(CCc1ccc(OC)c(OC)c1)C1CC(=O)N(c2ccc(Br)cc2)C1=O. The van der Waals surface area contributed by atoms with Gasteiger partial charge in [-0.15, -0.1) is 0 Å². The van der Waals surface area contributed by atoms with Gasteiger partial charge in [0, 0.05) is 17.4 Å². The number of anilines is 1. The molecule has 1 aliphatic rings. The van der Waals surface area contributed by atoms with Crippen LogP contribution >= 0.6 is 15.9 Å². The number of carbonyl (C=O) groups is 3. The van der Waals surface area contributed by atoms with E-state index in [2.05, 4.69) is 15.9 Å². The number of benzene rings is 2. The summed E-state index contributed by atoms with van der Waals surface area (Å²) in [4.78, 5) is 41.6. The normalized spacial score (nSPS) is 15.8. The Kier molecular flexibility index (Phi) is 7.90. The standard InChI is InChI=1S/C24H27BrN2O5/c1-4-5-22(28)26(13-12-16-6-11-20(31-2)21(14-16)32-3)19-15-23(29)27(24(19)30)18-9-7-17(25)8-10-18/h6-11,14,19H,4-5,12-13,15H2,1-3H3. The Labute approximate surface area is 196 Å². The van der Waals surface area contributed by atoms with Crippen molar-refractivity contribution in [1.82, 2.24) is 4.90 Å². The second kappa shape index (κ2) is 10.6. The first kappa shape index (κ1) is 23.8. The summed E-state index contributed by atoms with van der Waals surface area (Å²) in [6.07, 6.45) is 1.49. The Hall–Kier alpha value is -2.87. The van der Waals surface area contributed by atoms with Gasteiger partial charge in [0.15, 0.2) is 11.5 Å². The molecule has 170 valence electrons. The molecular weight excluding hydrogens is 476 g/mol. The predicted octanol–water partition coefficient (Wildman–Crippen LogP) is 3.97. The fourth-order valence-corrected chi connectivity index (χ4v) is 4.08. The third-order valence-electron chi connectivity index (χ3n) is 5.46. The number of rotatable bonds is 9. The van der Waals surface area contributed by atoms with Crippen molar-refractivity contribution in [3.8, 4) is 11.5 Å². The van der Waals surface area contributed by atoms with E-state index in [0.29, 0.717) is 43.0 Å². The van der Waals surface area contributed by atoms with Crippen molar-refractivity contribution in [2.24, 2.45) is 0 Å². The van der Waals surface area contributed by atoms with Crippen LogP contribution in [0.2, 0.25) is 0 Å². The molecule has 0 radical (unpaired) electrons. The number of nitrogens with zero attached hydrogens (tertiary/aromatic N) is 2. The summed E-state index contributed by atoms with van der Waals surface area (Å²) in [6, 6.07) is 11.8. The quantitative estimate of drug-likeness (QED) is 0.485. The third-order valence-corrected chi connectivity index (χ3v) is 5.99. The Morgan fingerprint density at radius 2 is 1.78 bits per heavy atom. The van der Waals surface area contributed by atoms with Crippen LogP contribution in [0.1, 0.15) is 31.7 Å². The van der Waals surface area contributed by atoms with E-state index < -0.39 is 6.04 Å². The first-order valence-electron chi connectivity index (χ1n) is 10.5. The lowest BCUT2D eigenvalue weighted by molar-refractivity contribution is -0.138. The first-order valence-corrected chi connectivity index (χ1v) is 11.3. The van der Waals surface area contributed by atoms with Crippen molar-refractivity contribution in [3.05, 3.63) is 52.5 Å². The van der Waals surface area contributed by atoms with Gasteiger partial charge in [-0.05, 0) is 54.8 Å². The van der Waals surface area contributed by atoms with Crippen LogP contribution in [-0.4, -0.2) is 49.4 Å². The fraction of sp³-hybridized carbons (Fsp3) is 0.375. The van der Waals surface area contributed by atoms with Crippen molar-refractivity contribution in [3.63, 3.8) is 0 Å². The molecule has 1 atom stereocenters. The van der Waals surface area contributed by atoms with Crippen molar-refractivity contribution in [2.75, 3.05) is 25.7 Å². The van der Waals surface area contributed by atoms with Gasteiger partial charge in [-0.1, -0.05) is 28.9 Å². The van der Waals surface area contributed by atoms with Crippen LogP contribution in [0.5, 0.6) is 11.5 Å². The summed E-state index contributed by atoms with van der Waals surface area (Å²) in [5, 5.41) is 0. The van der Waals surface area contributed by atoms with Crippen LogP contribution < -0.4 is 14.4 Å². The van der Waals surface area contributed by atoms with Gasteiger partial charge < -0.3 is 14.4 Å². The molecule has 1 aliphatic heterocycles. The van der Waals surface area contributed by atoms with E-state index in [1.54, 1.807) is 43.4 Å². The zero-order chi connectivity index (χ0) is 23.3. The molecule has 0 spiro atoms. The van der Waals surface area contributed by atoms with E-state index in [9.17, 15) is 14.4 Å². The van der Waals surface area contributed by atoms with Gasteiger partial charge in [-0.3, -0.25) is 14.4 Å². The minimum absolute atomic E-state index is 0.0176. The smallest absolute Gasteiger partial charge is 0.257 e. The predicted molar refractivity (Wildman–Crippen MR) is 125 cm³/mol. The molecule has 3 amide bonds. The Bertz CT molecular complexity index is 992. The minimum Gasteiger partial charge on any atom is -0.493 e. The summed E-state index contributed by atoms with van der Waals surface area (Å²) in [5.41, 5.74) is 1.45. The molecule has 32 heavy (non-hydrogen) atoms. The molecule has 0 bridgehead atoms. The number of hydrogen-bond acceptors (Lipinski definition) is 5. The average molecular weight is 503 g/mol. The fourth-order valence-electron chi connectivity index (χ4n) is 3.82. The van der Waals surface area contributed by atoms with E-state index in [-0.39, 0.29) is 24.1 Å². The monoisotopic (exact) mass is 502 g/mol. The summed E-state index contributed by atoms with van der Waals surface area (Å²) < 4.78 is 11.5. The van der Waals surface area contributed by atoms with E-state index in [0.717, 1.165) is 10.0 Å². The van der Waals surface area contributed by atoms with Gasteiger partial charge >= 0.3 is 0 Å². The summed E-state index contributed by atoms with van der Waals surface area (Å²) >= 11 is 3.36. The molecule has 0 saturated carbocycles. The maximum absolute atomic E-state index is 13.2. The molecule has 8 heteroatoms. The number of halogens is 1. The number of carbonyl (C=O) groups excluding carboxylic acids is 3. The van der Waals surface area contributed by atoms with Crippen LogP contribution in [0.3, 0.4) is 0 Å². The number of imide groups is 1. The van der Waals surface area contributed by atoms with Crippen LogP contribution in [0.15, 0.2) is 46.9 Å². The summed E-state index contributed by atoms with van der Waals surface area (Å²) in [7, 11) is 3.14. The molecule has 0 aromatic heterocycles. The Balaban J connectivity index is 1.81. The highest BCUT2D eigenvalue weighted by molar-refractivity contribution is 9.10. The molecular formula is C24H27BrN2O5. The second-order valence-electron chi connectivity index (χ2n) is 7.54. The van der Waals surface area contributed by atoms with Gasteiger partial charge in [-0.2, -0.15) is 0 Å². The molecule has 7 nitrogen and oxygen atoms in total. The maximum atomic E-state index is 13.2. The Morgan fingerprint density at radius 3 is 2.41 bits per heavy atom. The van der Waals surface area contributed by atoms with Crippen LogP contribution in [0.25, 0.3) is 0 Å². The van der Waals surface area contributed by atoms with E-state index >= 15 is 0 Å². The van der Waals surface area contributed by atoms with Gasteiger partial charge in [0.1, 0.15) is 6.04 Å². The molecule has 2 aromatic carbocycles. The number of hydrogen-bond donors (Lipinski definition) is 0. The third kappa shape index (κ3) is 5.12. The number of amides is 3. The highest BCUT2D eigenvalue weighted by Gasteiger charge is 2.44. The Morgan fingerprint density at radius 1 is 1.09 bits per heavy atom. The summed E-state index contributed by atoms with van der Waals surface area (Å²) in [5.74, 6) is 0.426. The molecule has 1 heterocycles. The lowest BCUT2D eigenvalue weighted by atomic mass is 10.1. The molecule has 0 N–H and O–H groups in total. The van der Waals surface area contributed by atoms with Crippen LogP contribution in [-0.2, 0) is 20.8 Å². The highest BCUT2D eigenvalue weighted by Crippen LogP contribution is 2.30. The summed E-state index contributed by atoms with van der Waals surface area (Å²) in [6.45, 7) is 2.24. The average Bonchev–Trinajstić information content (AvgIpc) is 3.08. The minimum atomic E-state index is -0.801. The number of ether oxygens (including phenoxy) is 2. The number of methoxy groups -OCH3 is 2.